The van der Waals surface area contributed by atoms with E-state index in [1.807, 2.05) is 0 Å². The molecule has 0 aromatic rings. The molecule has 56 valence electrons. The van der Waals surface area contributed by atoms with Gasteiger partial charge in [0.2, 0.25) is 0 Å². The van der Waals surface area contributed by atoms with Crippen LogP contribution in [0.2, 0.25) is 0 Å². The molecule has 0 saturated heterocycles. The zero-order valence-electron chi connectivity index (χ0n) is 6.06. The van der Waals surface area contributed by atoms with Crippen LogP contribution in [0.1, 0.15) is 26.2 Å². The number of carbonyl (C=O) groups excluding carboxylic acids is 1. The molecular formula is C8H11BrO. The first-order valence-corrected chi connectivity index (χ1v) is 4.36. The lowest BCUT2D eigenvalue weighted by Crippen LogP contribution is -2.05. The fraction of sp³-hybridized carbons (Fsp3) is 0.625. The lowest BCUT2D eigenvalue weighted by molar-refractivity contribution is -0.105. The molecule has 0 bridgehead atoms. The highest BCUT2D eigenvalue weighted by Gasteiger charge is 2.14. The van der Waals surface area contributed by atoms with Gasteiger partial charge in [0.15, 0.2) is 0 Å². The van der Waals surface area contributed by atoms with Crippen LogP contribution in [-0.4, -0.2) is 6.29 Å². The third-order valence-electron chi connectivity index (χ3n) is 1.92. The summed E-state index contributed by atoms with van der Waals surface area (Å²) in [5.74, 6) is 0.682. The summed E-state index contributed by atoms with van der Waals surface area (Å²) in [5, 5.41) is 0. The van der Waals surface area contributed by atoms with Crippen molar-refractivity contribution in [1.29, 1.82) is 0 Å². The topological polar surface area (TPSA) is 17.1 Å². The summed E-state index contributed by atoms with van der Waals surface area (Å²) in [5.41, 5.74) is 0.957. The monoisotopic (exact) mass is 202 g/mol. The minimum Gasteiger partial charge on any atom is -0.298 e. The Morgan fingerprint density at radius 1 is 1.70 bits per heavy atom. The molecule has 0 heterocycles. The van der Waals surface area contributed by atoms with Crippen molar-refractivity contribution < 1.29 is 4.79 Å². The summed E-state index contributed by atoms with van der Waals surface area (Å²) >= 11 is 3.39. The van der Waals surface area contributed by atoms with Crippen LogP contribution in [0.15, 0.2) is 10.1 Å². The van der Waals surface area contributed by atoms with Crippen molar-refractivity contribution >= 4 is 22.2 Å². The van der Waals surface area contributed by atoms with Gasteiger partial charge >= 0.3 is 0 Å². The average molecular weight is 203 g/mol. The highest BCUT2D eigenvalue weighted by atomic mass is 79.9. The van der Waals surface area contributed by atoms with Gasteiger partial charge in [-0.1, -0.05) is 22.9 Å². The molecule has 0 radical (unpaired) electrons. The fourth-order valence-electron chi connectivity index (χ4n) is 1.23. The zero-order chi connectivity index (χ0) is 7.56. The predicted molar refractivity (Wildman–Crippen MR) is 45.0 cm³/mol. The summed E-state index contributed by atoms with van der Waals surface area (Å²) < 4.78 is 1.11. The SMILES string of the molecule is CC1CCC(Br)=C(C=O)C1. The summed E-state index contributed by atoms with van der Waals surface area (Å²) in [7, 11) is 0. The second kappa shape index (κ2) is 3.33. The van der Waals surface area contributed by atoms with Crippen LogP contribution in [0.4, 0.5) is 0 Å². The second-order valence-corrected chi connectivity index (χ2v) is 3.85. The van der Waals surface area contributed by atoms with Gasteiger partial charge in [-0.3, -0.25) is 4.79 Å². The van der Waals surface area contributed by atoms with Gasteiger partial charge in [0.25, 0.3) is 0 Å². The first-order valence-electron chi connectivity index (χ1n) is 3.56. The molecule has 1 aliphatic carbocycles. The van der Waals surface area contributed by atoms with Gasteiger partial charge < -0.3 is 0 Å². The van der Waals surface area contributed by atoms with Crippen molar-refractivity contribution in [1.82, 2.24) is 0 Å². The lowest BCUT2D eigenvalue weighted by atomic mass is 9.91. The molecule has 1 atom stereocenters. The molecule has 0 aromatic heterocycles. The molecule has 2 heteroatoms. The van der Waals surface area contributed by atoms with E-state index in [-0.39, 0.29) is 0 Å². The maximum absolute atomic E-state index is 10.4. The summed E-state index contributed by atoms with van der Waals surface area (Å²) in [6.45, 7) is 2.18. The van der Waals surface area contributed by atoms with Crippen LogP contribution in [-0.2, 0) is 4.79 Å². The Bertz CT molecular complexity index is 172. The van der Waals surface area contributed by atoms with Crippen LogP contribution >= 0.6 is 15.9 Å². The predicted octanol–water partition coefficient (Wildman–Crippen LogP) is 2.65. The highest BCUT2D eigenvalue weighted by Crippen LogP contribution is 2.31. The number of allylic oxidation sites excluding steroid dienone is 2. The van der Waals surface area contributed by atoms with Crippen LogP contribution in [0.3, 0.4) is 0 Å². The van der Waals surface area contributed by atoms with Gasteiger partial charge in [-0.25, -0.2) is 0 Å². The largest absolute Gasteiger partial charge is 0.298 e. The van der Waals surface area contributed by atoms with Crippen LogP contribution in [0.5, 0.6) is 0 Å². The third kappa shape index (κ3) is 1.69. The molecule has 1 nitrogen and oxygen atoms in total. The molecule has 0 saturated carbocycles. The summed E-state index contributed by atoms with van der Waals surface area (Å²) in [6, 6.07) is 0. The van der Waals surface area contributed by atoms with E-state index in [0.29, 0.717) is 5.92 Å². The number of halogens is 1. The molecule has 0 fully saturated rings. The molecule has 1 unspecified atom stereocenters. The first kappa shape index (κ1) is 7.99. The normalized spacial score (nSPS) is 26.8. The van der Waals surface area contributed by atoms with Crippen LogP contribution in [0.25, 0.3) is 0 Å². The van der Waals surface area contributed by atoms with Crippen LogP contribution < -0.4 is 0 Å². The van der Waals surface area contributed by atoms with E-state index in [2.05, 4.69) is 22.9 Å². The molecule has 10 heavy (non-hydrogen) atoms. The average Bonchev–Trinajstić information content (AvgIpc) is 1.94. The van der Waals surface area contributed by atoms with Gasteiger partial charge in [-0.15, -0.1) is 0 Å². The summed E-state index contributed by atoms with van der Waals surface area (Å²) in [4.78, 5) is 10.4. The molecular weight excluding hydrogens is 192 g/mol. The molecule has 0 spiro atoms. The van der Waals surface area contributed by atoms with E-state index in [0.717, 1.165) is 29.2 Å². The quantitative estimate of drug-likeness (QED) is 0.598. The van der Waals surface area contributed by atoms with E-state index in [1.54, 1.807) is 0 Å². The van der Waals surface area contributed by atoms with Gasteiger partial charge in [0.05, 0.1) is 0 Å². The van der Waals surface area contributed by atoms with Gasteiger partial charge in [-0.2, -0.15) is 0 Å². The van der Waals surface area contributed by atoms with E-state index >= 15 is 0 Å². The van der Waals surface area contributed by atoms with Crippen molar-refractivity contribution in [3.63, 3.8) is 0 Å². The molecule has 0 aromatic carbocycles. The number of hydrogen-bond acceptors (Lipinski definition) is 1. The van der Waals surface area contributed by atoms with Gasteiger partial charge in [0.1, 0.15) is 6.29 Å². The Hall–Kier alpha value is -0.110. The van der Waals surface area contributed by atoms with E-state index in [1.165, 1.54) is 6.42 Å². The number of rotatable bonds is 1. The molecule has 0 amide bonds. The van der Waals surface area contributed by atoms with Gasteiger partial charge in [0, 0.05) is 10.1 Å². The van der Waals surface area contributed by atoms with E-state index < -0.39 is 0 Å². The zero-order valence-corrected chi connectivity index (χ0v) is 7.65. The Morgan fingerprint density at radius 2 is 2.40 bits per heavy atom. The fourth-order valence-corrected chi connectivity index (χ4v) is 1.72. The number of hydrogen-bond donors (Lipinski definition) is 0. The van der Waals surface area contributed by atoms with Gasteiger partial charge in [-0.05, 0) is 25.2 Å². The number of carbonyl (C=O) groups is 1. The number of aldehydes is 1. The summed E-state index contributed by atoms with van der Waals surface area (Å²) in [6.07, 6.45) is 4.16. The van der Waals surface area contributed by atoms with E-state index in [9.17, 15) is 4.79 Å². The molecule has 1 aliphatic rings. The van der Waals surface area contributed by atoms with Crippen molar-refractivity contribution in [2.45, 2.75) is 26.2 Å². The first-order chi connectivity index (χ1) is 4.74. The maximum Gasteiger partial charge on any atom is 0.146 e. The Morgan fingerprint density at radius 3 is 2.90 bits per heavy atom. The van der Waals surface area contributed by atoms with Crippen molar-refractivity contribution in [2.24, 2.45) is 5.92 Å². The Kier molecular flexibility index (Phi) is 2.66. The van der Waals surface area contributed by atoms with E-state index in [4.69, 9.17) is 0 Å². The van der Waals surface area contributed by atoms with Crippen molar-refractivity contribution in [3.05, 3.63) is 10.1 Å². The van der Waals surface area contributed by atoms with Crippen molar-refractivity contribution in [3.8, 4) is 0 Å². The maximum atomic E-state index is 10.4. The highest BCUT2D eigenvalue weighted by molar-refractivity contribution is 9.11. The minimum atomic E-state index is 0.682. The molecule has 0 aliphatic heterocycles. The van der Waals surface area contributed by atoms with Crippen molar-refractivity contribution in [2.75, 3.05) is 0 Å². The minimum absolute atomic E-state index is 0.682. The Balaban J connectivity index is 2.71. The smallest absolute Gasteiger partial charge is 0.146 e. The Labute approximate surface area is 69.6 Å². The lowest BCUT2D eigenvalue weighted by Gasteiger charge is -2.17. The third-order valence-corrected chi connectivity index (χ3v) is 2.82. The standard InChI is InChI=1S/C8H11BrO/c1-6-2-3-8(9)7(4-6)5-10/h5-6H,2-4H2,1H3. The second-order valence-electron chi connectivity index (χ2n) is 2.90. The van der Waals surface area contributed by atoms with Crippen LogP contribution in [0, 0.1) is 5.92 Å². The molecule has 0 N–H and O–H groups in total. The molecule has 1 rings (SSSR count).